The van der Waals surface area contributed by atoms with Crippen LogP contribution < -0.4 is 0 Å². The fourth-order valence-electron chi connectivity index (χ4n) is 4.18. The second kappa shape index (κ2) is 12.4. The minimum absolute atomic E-state index is 0.000880. The Morgan fingerprint density at radius 3 is 2.66 bits per heavy atom. The molecule has 2 rings (SSSR count). The van der Waals surface area contributed by atoms with Gasteiger partial charge >= 0.3 is 5.97 Å². The molecule has 5 heteroatoms. The van der Waals surface area contributed by atoms with Gasteiger partial charge in [-0.25, -0.2) is 0 Å². The molecule has 1 aromatic carbocycles. The Hall–Kier alpha value is -1.36. The third kappa shape index (κ3) is 7.13. The number of carbonyl (C=O) groups excluding carboxylic acids is 1. The summed E-state index contributed by atoms with van der Waals surface area (Å²) in [6.07, 6.45) is 8.45. The lowest BCUT2D eigenvalue weighted by Gasteiger charge is -2.23. The average molecular weight is 423 g/mol. The van der Waals surface area contributed by atoms with E-state index in [0.29, 0.717) is 19.4 Å². The lowest BCUT2D eigenvalue weighted by Crippen LogP contribution is -2.18. The average Bonchev–Trinajstić information content (AvgIpc) is 2.98. The molecule has 0 spiro atoms. The topological polar surface area (TPSA) is 66.8 Å². The Morgan fingerprint density at radius 1 is 1.28 bits per heavy atom. The van der Waals surface area contributed by atoms with Crippen molar-refractivity contribution >= 4 is 17.6 Å². The van der Waals surface area contributed by atoms with E-state index in [2.05, 4.69) is 19.1 Å². The molecule has 1 unspecified atom stereocenters. The minimum Gasteiger partial charge on any atom is -0.466 e. The first-order valence-corrected chi connectivity index (χ1v) is 11.3. The van der Waals surface area contributed by atoms with Gasteiger partial charge in [-0.1, -0.05) is 49.8 Å². The third-order valence-electron chi connectivity index (χ3n) is 5.71. The van der Waals surface area contributed by atoms with E-state index >= 15 is 0 Å². The summed E-state index contributed by atoms with van der Waals surface area (Å²) in [7, 11) is 0. The van der Waals surface area contributed by atoms with E-state index in [4.69, 9.17) is 16.3 Å². The van der Waals surface area contributed by atoms with E-state index in [-0.39, 0.29) is 23.2 Å². The van der Waals surface area contributed by atoms with Gasteiger partial charge in [-0.15, -0.1) is 11.6 Å². The van der Waals surface area contributed by atoms with Crippen LogP contribution in [0.25, 0.3) is 0 Å². The molecule has 162 valence electrons. The van der Waals surface area contributed by atoms with Crippen molar-refractivity contribution < 1.29 is 19.7 Å². The highest BCUT2D eigenvalue weighted by atomic mass is 35.5. The van der Waals surface area contributed by atoms with Gasteiger partial charge in [-0.05, 0) is 56.1 Å². The second-order valence-corrected chi connectivity index (χ2v) is 8.44. The van der Waals surface area contributed by atoms with E-state index < -0.39 is 12.2 Å². The maximum Gasteiger partial charge on any atom is 0.305 e. The predicted molar refractivity (Wildman–Crippen MR) is 117 cm³/mol. The maximum absolute atomic E-state index is 11.4. The Bertz CT molecular complexity index is 643. The van der Waals surface area contributed by atoms with Crippen LogP contribution in [0.1, 0.15) is 81.9 Å². The number of esters is 1. The number of unbranched alkanes of at least 4 members (excludes halogenated alkanes) is 1. The molecule has 29 heavy (non-hydrogen) atoms. The summed E-state index contributed by atoms with van der Waals surface area (Å²) in [6, 6.07) is 7.97. The Labute approximate surface area is 179 Å². The van der Waals surface area contributed by atoms with E-state index in [1.165, 1.54) is 0 Å². The number of allylic oxidation sites excluding steroid dienone is 2. The Balaban J connectivity index is 1.93. The van der Waals surface area contributed by atoms with Crippen molar-refractivity contribution in [1.82, 2.24) is 0 Å². The zero-order valence-corrected chi connectivity index (χ0v) is 18.4. The molecule has 0 bridgehead atoms. The van der Waals surface area contributed by atoms with Gasteiger partial charge in [0.2, 0.25) is 0 Å². The van der Waals surface area contributed by atoms with E-state index in [1.807, 2.05) is 31.2 Å². The van der Waals surface area contributed by atoms with E-state index in [9.17, 15) is 15.0 Å². The second-order valence-electron chi connectivity index (χ2n) is 7.88. The van der Waals surface area contributed by atoms with Gasteiger partial charge in [-0.3, -0.25) is 4.79 Å². The molecule has 0 aliphatic heterocycles. The van der Waals surface area contributed by atoms with Gasteiger partial charge in [0.05, 0.1) is 18.8 Å². The van der Waals surface area contributed by atoms with Crippen LogP contribution in [0.5, 0.6) is 0 Å². The van der Waals surface area contributed by atoms with Crippen molar-refractivity contribution in [2.75, 3.05) is 6.61 Å². The number of aliphatic hydroxyl groups is 2. The number of aliphatic hydroxyl groups excluding tert-OH is 2. The summed E-state index contributed by atoms with van der Waals surface area (Å²) in [5, 5.41) is 20.7. The summed E-state index contributed by atoms with van der Waals surface area (Å²) in [6.45, 7) is 4.30. The molecule has 0 radical (unpaired) electrons. The summed E-state index contributed by atoms with van der Waals surface area (Å²) in [4.78, 5) is 11.4. The van der Waals surface area contributed by atoms with Crippen LogP contribution in [0.3, 0.4) is 0 Å². The third-order valence-corrected chi connectivity index (χ3v) is 6.21. The first kappa shape index (κ1) is 23.9. The highest BCUT2D eigenvalue weighted by Gasteiger charge is 2.41. The molecule has 5 atom stereocenters. The first-order chi connectivity index (χ1) is 14.0. The van der Waals surface area contributed by atoms with Crippen molar-refractivity contribution in [1.29, 1.82) is 0 Å². The lowest BCUT2D eigenvalue weighted by molar-refractivity contribution is -0.143. The molecule has 0 aromatic heterocycles. The number of ether oxygens (including phenoxy) is 1. The molecule has 1 aliphatic carbocycles. The monoisotopic (exact) mass is 422 g/mol. The molecule has 0 amide bonds. The zero-order chi connectivity index (χ0) is 21.2. The molecule has 1 saturated carbocycles. The Kier molecular flexibility index (Phi) is 10.2. The summed E-state index contributed by atoms with van der Waals surface area (Å²) >= 11 is 6.56. The van der Waals surface area contributed by atoms with Crippen LogP contribution in [0, 0.1) is 5.92 Å². The number of carbonyl (C=O) groups is 1. The molecule has 0 heterocycles. The number of rotatable bonds is 11. The molecular weight excluding hydrogens is 388 g/mol. The van der Waals surface area contributed by atoms with Crippen LogP contribution in [-0.4, -0.2) is 34.3 Å². The molecule has 2 N–H and O–H groups in total. The van der Waals surface area contributed by atoms with Crippen molar-refractivity contribution in [3.05, 3.63) is 47.5 Å². The van der Waals surface area contributed by atoms with Crippen molar-refractivity contribution in [2.24, 2.45) is 5.92 Å². The van der Waals surface area contributed by atoms with Crippen LogP contribution in [0.15, 0.2) is 36.4 Å². The van der Waals surface area contributed by atoms with Crippen molar-refractivity contribution in [2.45, 2.75) is 82.3 Å². The maximum atomic E-state index is 11.4. The SMILES string of the molecule is CCCC(O)c1ccc([C@@H]2[C@@H](C/C=C\CCCC(=O)OCC)[C@H](Cl)C[C@H]2O)cc1. The number of hydrogen-bond acceptors (Lipinski definition) is 4. The van der Waals surface area contributed by atoms with E-state index in [0.717, 1.165) is 43.2 Å². The molecule has 1 aromatic rings. The molecular formula is C24H35ClO4. The summed E-state index contributed by atoms with van der Waals surface area (Å²) < 4.78 is 4.93. The standard InChI is InChI=1S/C24H35ClO4/c1-3-9-21(26)17-12-14-18(15-13-17)24-19(20(25)16-22(24)27)10-7-5-6-8-11-23(28)29-4-2/h5,7,12-15,19-22,24,26-27H,3-4,6,8-11,16H2,1-2H3/b7-5-/t19-,20+,21?,22+,24+/m0/s1. The fourth-order valence-corrected chi connectivity index (χ4v) is 4.62. The number of alkyl halides is 1. The van der Waals surface area contributed by atoms with Crippen molar-refractivity contribution in [3.63, 3.8) is 0 Å². The van der Waals surface area contributed by atoms with E-state index in [1.54, 1.807) is 0 Å². The largest absolute Gasteiger partial charge is 0.466 e. The molecule has 1 fully saturated rings. The fraction of sp³-hybridized carbons (Fsp3) is 0.625. The van der Waals surface area contributed by atoms with Gasteiger partial charge in [0.15, 0.2) is 0 Å². The first-order valence-electron chi connectivity index (χ1n) is 10.9. The van der Waals surface area contributed by atoms with Gasteiger partial charge in [0.25, 0.3) is 0 Å². The van der Waals surface area contributed by atoms with Crippen LogP contribution in [0.4, 0.5) is 0 Å². The van der Waals surface area contributed by atoms with Gasteiger partial charge < -0.3 is 14.9 Å². The smallest absolute Gasteiger partial charge is 0.305 e. The van der Waals surface area contributed by atoms with Crippen LogP contribution in [-0.2, 0) is 9.53 Å². The summed E-state index contributed by atoms with van der Waals surface area (Å²) in [5.74, 6) is 0.0200. The lowest BCUT2D eigenvalue weighted by atomic mass is 9.84. The quantitative estimate of drug-likeness (QED) is 0.220. The number of halogens is 1. The predicted octanol–water partition coefficient (Wildman–Crippen LogP) is 5.27. The van der Waals surface area contributed by atoms with Gasteiger partial charge in [0, 0.05) is 17.7 Å². The van der Waals surface area contributed by atoms with Crippen molar-refractivity contribution in [3.8, 4) is 0 Å². The highest BCUT2D eigenvalue weighted by molar-refractivity contribution is 6.21. The summed E-state index contributed by atoms with van der Waals surface area (Å²) in [5.41, 5.74) is 2.00. The van der Waals surface area contributed by atoms with Crippen LogP contribution in [0.2, 0.25) is 0 Å². The van der Waals surface area contributed by atoms with Gasteiger partial charge in [-0.2, -0.15) is 0 Å². The number of hydrogen-bond donors (Lipinski definition) is 2. The number of benzene rings is 1. The minimum atomic E-state index is -0.453. The molecule has 4 nitrogen and oxygen atoms in total. The molecule has 1 aliphatic rings. The normalized spacial score (nSPS) is 25.4. The van der Waals surface area contributed by atoms with Gasteiger partial charge in [0.1, 0.15) is 0 Å². The molecule has 0 saturated heterocycles. The zero-order valence-electron chi connectivity index (χ0n) is 17.6. The highest BCUT2D eigenvalue weighted by Crippen LogP contribution is 2.45. The van der Waals surface area contributed by atoms with Crippen LogP contribution >= 0.6 is 11.6 Å². The Morgan fingerprint density at radius 2 is 2.00 bits per heavy atom.